The summed E-state index contributed by atoms with van der Waals surface area (Å²) in [7, 11) is 1.89. The SMILES string of the molecule is CNCC(C)C(=O)N1CCCC(c2nc(C)cs2)C1.Cl.Cl. The van der Waals surface area contributed by atoms with Gasteiger partial charge in [0, 0.05) is 42.5 Å². The monoisotopic (exact) mass is 353 g/mol. The van der Waals surface area contributed by atoms with Crippen molar-refractivity contribution in [2.75, 3.05) is 26.7 Å². The quantitative estimate of drug-likeness (QED) is 0.904. The van der Waals surface area contributed by atoms with Crippen LogP contribution in [0.3, 0.4) is 0 Å². The molecule has 7 heteroatoms. The molecule has 0 saturated carbocycles. The molecule has 1 aromatic heterocycles. The van der Waals surface area contributed by atoms with Crippen LogP contribution >= 0.6 is 36.2 Å². The van der Waals surface area contributed by atoms with Crippen molar-refractivity contribution in [1.82, 2.24) is 15.2 Å². The second kappa shape index (κ2) is 9.62. The Balaban J connectivity index is 0.00000200. The molecular formula is C14H25Cl2N3OS. The van der Waals surface area contributed by atoms with Gasteiger partial charge in [-0.05, 0) is 26.8 Å². The predicted octanol–water partition coefficient (Wildman–Crippen LogP) is 2.86. The number of aromatic nitrogens is 1. The van der Waals surface area contributed by atoms with E-state index >= 15 is 0 Å². The number of likely N-dealkylation sites (tertiary alicyclic amines) is 1. The highest BCUT2D eigenvalue weighted by Gasteiger charge is 2.28. The number of nitrogens with zero attached hydrogens (tertiary/aromatic N) is 2. The van der Waals surface area contributed by atoms with Gasteiger partial charge in [0.2, 0.25) is 5.91 Å². The summed E-state index contributed by atoms with van der Waals surface area (Å²) in [6.45, 7) is 6.50. The molecule has 1 fully saturated rings. The molecule has 1 amide bonds. The lowest BCUT2D eigenvalue weighted by Crippen LogP contribution is -2.43. The third kappa shape index (κ3) is 5.40. The van der Waals surface area contributed by atoms with E-state index in [2.05, 4.69) is 15.7 Å². The lowest BCUT2D eigenvalue weighted by atomic mass is 9.97. The van der Waals surface area contributed by atoms with Crippen LogP contribution in [0.15, 0.2) is 5.38 Å². The van der Waals surface area contributed by atoms with Gasteiger partial charge >= 0.3 is 0 Å². The van der Waals surface area contributed by atoms with E-state index in [9.17, 15) is 4.79 Å². The molecular weight excluding hydrogens is 329 g/mol. The Morgan fingerprint density at radius 2 is 2.29 bits per heavy atom. The number of carbonyl (C=O) groups is 1. The number of carbonyl (C=O) groups excluding carboxylic acids is 1. The molecule has 0 aromatic carbocycles. The second-order valence-electron chi connectivity index (χ2n) is 5.41. The number of nitrogens with one attached hydrogen (secondary N) is 1. The normalized spacial score (nSPS) is 19.4. The Kier molecular flexibility index (Phi) is 9.45. The summed E-state index contributed by atoms with van der Waals surface area (Å²) < 4.78 is 0. The molecule has 1 aliphatic rings. The first-order valence-electron chi connectivity index (χ1n) is 6.97. The van der Waals surface area contributed by atoms with Crippen LogP contribution in [-0.4, -0.2) is 42.5 Å². The van der Waals surface area contributed by atoms with E-state index in [1.54, 1.807) is 11.3 Å². The molecule has 1 aromatic rings. The van der Waals surface area contributed by atoms with Gasteiger partial charge in [0.25, 0.3) is 0 Å². The Hall–Kier alpha value is -0.360. The van der Waals surface area contributed by atoms with Crippen LogP contribution in [0.1, 0.15) is 36.4 Å². The van der Waals surface area contributed by atoms with Gasteiger partial charge in [0.1, 0.15) is 0 Å². The van der Waals surface area contributed by atoms with E-state index in [0.717, 1.165) is 38.2 Å². The van der Waals surface area contributed by atoms with Crippen LogP contribution in [0, 0.1) is 12.8 Å². The van der Waals surface area contributed by atoms with Crippen LogP contribution in [0.5, 0.6) is 0 Å². The third-order valence-electron chi connectivity index (χ3n) is 3.65. The largest absolute Gasteiger partial charge is 0.342 e. The van der Waals surface area contributed by atoms with Crippen molar-refractivity contribution >= 4 is 42.1 Å². The Morgan fingerprint density at radius 1 is 1.57 bits per heavy atom. The van der Waals surface area contributed by atoms with Gasteiger partial charge in [-0.15, -0.1) is 36.2 Å². The summed E-state index contributed by atoms with van der Waals surface area (Å²) in [4.78, 5) is 18.9. The average molecular weight is 354 g/mol. The van der Waals surface area contributed by atoms with Gasteiger partial charge in [-0.1, -0.05) is 6.92 Å². The van der Waals surface area contributed by atoms with Crippen molar-refractivity contribution in [2.45, 2.75) is 32.6 Å². The number of hydrogen-bond acceptors (Lipinski definition) is 4. The molecule has 0 radical (unpaired) electrons. The molecule has 0 aliphatic carbocycles. The minimum atomic E-state index is 0. The lowest BCUT2D eigenvalue weighted by Gasteiger charge is -2.33. The Labute approximate surface area is 143 Å². The number of piperidine rings is 1. The van der Waals surface area contributed by atoms with E-state index in [1.165, 1.54) is 5.01 Å². The standard InChI is InChI=1S/C14H23N3OS.2ClH/c1-10(7-15-3)14(18)17-6-4-5-12(8-17)13-16-11(2)9-19-13;;/h9-10,12,15H,4-8H2,1-3H3;2*1H. The summed E-state index contributed by atoms with van der Waals surface area (Å²) in [5.74, 6) is 0.757. The Bertz CT molecular complexity index is 442. The smallest absolute Gasteiger partial charge is 0.226 e. The molecule has 4 nitrogen and oxygen atoms in total. The molecule has 2 heterocycles. The molecule has 2 unspecified atom stereocenters. The zero-order chi connectivity index (χ0) is 13.8. The molecule has 0 bridgehead atoms. The highest BCUT2D eigenvalue weighted by Crippen LogP contribution is 2.29. The first kappa shape index (κ1) is 20.6. The zero-order valence-corrected chi connectivity index (χ0v) is 15.2. The minimum absolute atomic E-state index is 0. The highest BCUT2D eigenvalue weighted by atomic mass is 35.5. The van der Waals surface area contributed by atoms with E-state index < -0.39 is 0 Å². The van der Waals surface area contributed by atoms with Crippen LogP contribution in [0.25, 0.3) is 0 Å². The van der Waals surface area contributed by atoms with Gasteiger partial charge < -0.3 is 10.2 Å². The van der Waals surface area contributed by atoms with Crippen molar-refractivity contribution < 1.29 is 4.79 Å². The molecule has 0 spiro atoms. The second-order valence-corrected chi connectivity index (χ2v) is 6.30. The Morgan fingerprint density at radius 3 is 2.86 bits per heavy atom. The summed E-state index contributed by atoms with van der Waals surface area (Å²) in [5.41, 5.74) is 1.09. The van der Waals surface area contributed by atoms with Crippen molar-refractivity contribution in [3.63, 3.8) is 0 Å². The van der Waals surface area contributed by atoms with Crippen molar-refractivity contribution in [1.29, 1.82) is 0 Å². The number of halogens is 2. The number of thiazole rings is 1. The summed E-state index contributed by atoms with van der Waals surface area (Å²) in [6.07, 6.45) is 2.23. The maximum atomic E-state index is 12.3. The molecule has 122 valence electrons. The van der Waals surface area contributed by atoms with Gasteiger partial charge in [-0.25, -0.2) is 4.98 Å². The number of hydrogen-bond donors (Lipinski definition) is 1. The van der Waals surface area contributed by atoms with E-state index in [0.29, 0.717) is 5.92 Å². The van der Waals surface area contributed by atoms with Gasteiger partial charge in [-0.2, -0.15) is 0 Å². The topological polar surface area (TPSA) is 45.2 Å². The van der Waals surface area contributed by atoms with Gasteiger partial charge in [-0.3, -0.25) is 4.79 Å². The van der Waals surface area contributed by atoms with Gasteiger partial charge in [0.15, 0.2) is 0 Å². The lowest BCUT2D eigenvalue weighted by molar-refractivity contribution is -0.136. The van der Waals surface area contributed by atoms with Crippen molar-refractivity contribution in [3.05, 3.63) is 16.1 Å². The molecule has 1 saturated heterocycles. The van der Waals surface area contributed by atoms with E-state index in [-0.39, 0.29) is 36.6 Å². The summed E-state index contributed by atoms with van der Waals surface area (Å²) >= 11 is 1.73. The third-order valence-corrected chi connectivity index (χ3v) is 4.78. The fourth-order valence-corrected chi connectivity index (χ4v) is 3.57. The minimum Gasteiger partial charge on any atom is -0.342 e. The van der Waals surface area contributed by atoms with E-state index in [1.807, 2.05) is 25.8 Å². The maximum absolute atomic E-state index is 12.3. The number of rotatable bonds is 4. The zero-order valence-electron chi connectivity index (χ0n) is 12.8. The predicted molar refractivity (Wildman–Crippen MR) is 93.0 cm³/mol. The van der Waals surface area contributed by atoms with Crippen molar-refractivity contribution in [3.8, 4) is 0 Å². The summed E-state index contributed by atoms with van der Waals surface area (Å²) in [6, 6.07) is 0. The molecule has 2 atom stereocenters. The van der Waals surface area contributed by atoms with Crippen molar-refractivity contribution in [2.24, 2.45) is 5.92 Å². The fourth-order valence-electron chi connectivity index (χ4n) is 2.64. The van der Waals surface area contributed by atoms with E-state index in [4.69, 9.17) is 0 Å². The van der Waals surface area contributed by atoms with Crippen LogP contribution in [0.4, 0.5) is 0 Å². The maximum Gasteiger partial charge on any atom is 0.226 e. The molecule has 21 heavy (non-hydrogen) atoms. The van der Waals surface area contributed by atoms with Gasteiger partial charge in [0.05, 0.1) is 5.01 Å². The number of aryl methyl sites for hydroxylation is 1. The number of amides is 1. The van der Waals surface area contributed by atoms with Crippen LogP contribution in [-0.2, 0) is 4.79 Å². The highest BCUT2D eigenvalue weighted by molar-refractivity contribution is 7.09. The molecule has 2 rings (SSSR count). The first-order chi connectivity index (χ1) is 9.11. The van der Waals surface area contributed by atoms with Crippen LogP contribution < -0.4 is 5.32 Å². The summed E-state index contributed by atoms with van der Waals surface area (Å²) in [5, 5.41) is 6.36. The molecule has 1 N–H and O–H groups in total. The van der Waals surface area contributed by atoms with Crippen LogP contribution in [0.2, 0.25) is 0 Å². The average Bonchev–Trinajstić information content (AvgIpc) is 2.85. The molecule has 1 aliphatic heterocycles. The fraction of sp³-hybridized carbons (Fsp3) is 0.714. The first-order valence-corrected chi connectivity index (χ1v) is 7.85.